The first-order chi connectivity index (χ1) is 9.36. The van der Waals surface area contributed by atoms with Crippen molar-refractivity contribution in [1.29, 1.82) is 0 Å². The van der Waals surface area contributed by atoms with Gasteiger partial charge in [0.25, 0.3) is 0 Å². The van der Waals surface area contributed by atoms with Gasteiger partial charge in [0.15, 0.2) is 12.2 Å². The summed E-state index contributed by atoms with van der Waals surface area (Å²) in [4.78, 5) is 3.94. The van der Waals surface area contributed by atoms with E-state index in [1.807, 2.05) is 0 Å². The Hall–Kier alpha value is -1.77. The average molecular weight is 256 g/mol. The van der Waals surface area contributed by atoms with Gasteiger partial charge in [-0.1, -0.05) is 19.8 Å². The molecule has 1 aromatic carbocycles. The third-order valence-corrected chi connectivity index (χ3v) is 4.14. The summed E-state index contributed by atoms with van der Waals surface area (Å²) >= 11 is 0. The minimum Gasteiger partial charge on any atom is -0.444 e. The van der Waals surface area contributed by atoms with E-state index in [1.54, 1.807) is 6.20 Å². The minimum absolute atomic E-state index is 0.640. The summed E-state index contributed by atoms with van der Waals surface area (Å²) in [5.41, 5.74) is 2.27. The maximum absolute atomic E-state index is 5.30. The van der Waals surface area contributed by atoms with Crippen LogP contribution in [0.25, 0.3) is 11.3 Å². The van der Waals surface area contributed by atoms with Crippen LogP contribution in [0, 0.1) is 5.92 Å². The lowest BCUT2D eigenvalue weighted by molar-refractivity contribution is 0.489. The standard InChI is InChI=1S/C16H20N2O/c1-2-12-4-3-5-15(12)18-14-8-6-13(7-9-14)16-10-17-11-19-16/h6-12,15,18H,2-5H2,1H3. The first-order valence-electron chi connectivity index (χ1n) is 7.12. The molecule has 3 heteroatoms. The van der Waals surface area contributed by atoms with Crippen LogP contribution >= 0.6 is 0 Å². The Morgan fingerprint density at radius 1 is 1.26 bits per heavy atom. The summed E-state index contributed by atoms with van der Waals surface area (Å²) in [6, 6.07) is 9.06. The highest BCUT2D eigenvalue weighted by molar-refractivity contribution is 5.60. The lowest BCUT2D eigenvalue weighted by Gasteiger charge is -2.20. The van der Waals surface area contributed by atoms with Crippen LogP contribution in [0.5, 0.6) is 0 Å². The number of hydrogen-bond acceptors (Lipinski definition) is 3. The average Bonchev–Trinajstić information content (AvgIpc) is 3.10. The molecular weight excluding hydrogens is 236 g/mol. The zero-order chi connectivity index (χ0) is 13.1. The van der Waals surface area contributed by atoms with Crippen molar-refractivity contribution in [3.8, 4) is 11.3 Å². The van der Waals surface area contributed by atoms with Crippen molar-refractivity contribution in [3.05, 3.63) is 36.9 Å². The lowest BCUT2D eigenvalue weighted by atomic mass is 10.0. The predicted octanol–water partition coefficient (Wildman–Crippen LogP) is 4.33. The van der Waals surface area contributed by atoms with E-state index in [0.29, 0.717) is 6.04 Å². The molecule has 1 N–H and O–H groups in total. The highest BCUT2D eigenvalue weighted by Gasteiger charge is 2.25. The SMILES string of the molecule is CCC1CCCC1Nc1ccc(-c2cnco2)cc1. The summed E-state index contributed by atoms with van der Waals surface area (Å²) in [6.45, 7) is 2.29. The van der Waals surface area contributed by atoms with E-state index in [0.717, 1.165) is 17.2 Å². The number of nitrogens with one attached hydrogen (secondary N) is 1. The van der Waals surface area contributed by atoms with E-state index >= 15 is 0 Å². The number of rotatable bonds is 4. The number of hydrogen-bond donors (Lipinski definition) is 1. The molecule has 1 heterocycles. The minimum atomic E-state index is 0.640. The van der Waals surface area contributed by atoms with Crippen LogP contribution in [0.15, 0.2) is 41.3 Å². The van der Waals surface area contributed by atoms with Crippen LogP contribution in [0.3, 0.4) is 0 Å². The summed E-state index contributed by atoms with van der Waals surface area (Å²) < 4.78 is 5.30. The topological polar surface area (TPSA) is 38.1 Å². The van der Waals surface area contributed by atoms with Crippen molar-refractivity contribution < 1.29 is 4.42 Å². The molecule has 3 rings (SSSR count). The van der Waals surface area contributed by atoms with Crippen molar-refractivity contribution in [2.75, 3.05) is 5.32 Å². The summed E-state index contributed by atoms with van der Waals surface area (Å²) in [6.07, 6.45) is 8.49. The van der Waals surface area contributed by atoms with Crippen molar-refractivity contribution in [1.82, 2.24) is 4.98 Å². The van der Waals surface area contributed by atoms with Gasteiger partial charge in [0.1, 0.15) is 0 Å². The van der Waals surface area contributed by atoms with Crippen LogP contribution in [-0.2, 0) is 0 Å². The van der Waals surface area contributed by atoms with Gasteiger partial charge in [0.2, 0.25) is 0 Å². The Labute approximate surface area is 114 Å². The third-order valence-electron chi connectivity index (χ3n) is 4.14. The molecule has 1 aromatic heterocycles. The molecule has 3 nitrogen and oxygen atoms in total. The molecule has 0 aliphatic heterocycles. The highest BCUT2D eigenvalue weighted by atomic mass is 16.3. The quantitative estimate of drug-likeness (QED) is 0.884. The molecule has 19 heavy (non-hydrogen) atoms. The monoisotopic (exact) mass is 256 g/mol. The maximum Gasteiger partial charge on any atom is 0.181 e. The molecule has 0 bridgehead atoms. The number of nitrogens with zero attached hydrogens (tertiary/aromatic N) is 1. The van der Waals surface area contributed by atoms with Gasteiger partial charge in [0, 0.05) is 17.3 Å². The Kier molecular flexibility index (Phi) is 3.53. The predicted molar refractivity (Wildman–Crippen MR) is 77.0 cm³/mol. The fourth-order valence-electron chi connectivity index (χ4n) is 3.02. The summed E-state index contributed by atoms with van der Waals surface area (Å²) in [7, 11) is 0. The van der Waals surface area contributed by atoms with E-state index < -0.39 is 0 Å². The zero-order valence-electron chi connectivity index (χ0n) is 11.3. The van der Waals surface area contributed by atoms with Gasteiger partial charge in [-0.25, -0.2) is 4.98 Å². The van der Waals surface area contributed by atoms with Crippen molar-refractivity contribution in [3.63, 3.8) is 0 Å². The second-order valence-electron chi connectivity index (χ2n) is 5.29. The molecule has 1 aliphatic rings. The van der Waals surface area contributed by atoms with E-state index in [2.05, 4.69) is 41.5 Å². The van der Waals surface area contributed by atoms with Gasteiger partial charge >= 0.3 is 0 Å². The molecule has 100 valence electrons. The van der Waals surface area contributed by atoms with Gasteiger partial charge in [-0.2, -0.15) is 0 Å². The Morgan fingerprint density at radius 3 is 2.79 bits per heavy atom. The first-order valence-corrected chi connectivity index (χ1v) is 7.12. The van der Waals surface area contributed by atoms with Crippen molar-refractivity contribution in [2.24, 2.45) is 5.92 Å². The van der Waals surface area contributed by atoms with E-state index in [9.17, 15) is 0 Å². The molecule has 0 radical (unpaired) electrons. The zero-order valence-corrected chi connectivity index (χ0v) is 11.3. The second kappa shape index (κ2) is 5.47. The Morgan fingerprint density at radius 2 is 2.11 bits per heavy atom. The Balaban J connectivity index is 1.69. The van der Waals surface area contributed by atoms with E-state index in [1.165, 1.54) is 37.8 Å². The maximum atomic E-state index is 5.30. The first kappa shape index (κ1) is 12.3. The van der Waals surface area contributed by atoms with E-state index in [-0.39, 0.29) is 0 Å². The fourth-order valence-corrected chi connectivity index (χ4v) is 3.02. The molecule has 0 spiro atoms. The van der Waals surface area contributed by atoms with E-state index in [4.69, 9.17) is 4.42 Å². The van der Waals surface area contributed by atoms with Crippen LogP contribution < -0.4 is 5.32 Å². The summed E-state index contributed by atoms with van der Waals surface area (Å²) in [5, 5.41) is 3.67. The highest BCUT2D eigenvalue weighted by Crippen LogP contribution is 2.31. The second-order valence-corrected chi connectivity index (χ2v) is 5.29. The largest absolute Gasteiger partial charge is 0.444 e. The Bertz CT molecular complexity index is 504. The normalized spacial score (nSPS) is 22.6. The molecule has 0 amide bonds. The fraction of sp³-hybridized carbons (Fsp3) is 0.438. The number of aromatic nitrogens is 1. The number of benzene rings is 1. The molecule has 1 fully saturated rings. The lowest BCUT2D eigenvalue weighted by Crippen LogP contribution is -2.23. The molecule has 2 atom stereocenters. The van der Waals surface area contributed by atoms with Crippen LogP contribution in [0.2, 0.25) is 0 Å². The molecule has 2 aromatic rings. The number of oxazole rings is 1. The van der Waals surface area contributed by atoms with Gasteiger partial charge in [-0.15, -0.1) is 0 Å². The van der Waals surface area contributed by atoms with Crippen LogP contribution in [-0.4, -0.2) is 11.0 Å². The smallest absolute Gasteiger partial charge is 0.181 e. The molecule has 0 saturated heterocycles. The molecule has 1 saturated carbocycles. The van der Waals surface area contributed by atoms with Crippen LogP contribution in [0.1, 0.15) is 32.6 Å². The molecule has 2 unspecified atom stereocenters. The third kappa shape index (κ3) is 2.65. The molecule has 1 aliphatic carbocycles. The summed E-state index contributed by atoms with van der Waals surface area (Å²) in [5.74, 6) is 1.65. The van der Waals surface area contributed by atoms with Crippen LogP contribution in [0.4, 0.5) is 5.69 Å². The van der Waals surface area contributed by atoms with Gasteiger partial charge in [-0.3, -0.25) is 0 Å². The molecular formula is C16H20N2O. The van der Waals surface area contributed by atoms with Crippen molar-refractivity contribution in [2.45, 2.75) is 38.6 Å². The van der Waals surface area contributed by atoms with Gasteiger partial charge < -0.3 is 9.73 Å². The number of anilines is 1. The van der Waals surface area contributed by atoms with Gasteiger partial charge in [0.05, 0.1) is 6.20 Å². The van der Waals surface area contributed by atoms with Crippen molar-refractivity contribution >= 4 is 5.69 Å². The van der Waals surface area contributed by atoms with Gasteiger partial charge in [-0.05, 0) is 43.0 Å².